The van der Waals surface area contributed by atoms with Gasteiger partial charge in [-0.2, -0.15) is 0 Å². The van der Waals surface area contributed by atoms with Crippen LogP contribution in [0.5, 0.6) is 0 Å². The van der Waals surface area contributed by atoms with Gasteiger partial charge in [-0.1, -0.05) is 24.4 Å². The van der Waals surface area contributed by atoms with Crippen LogP contribution in [-0.2, 0) is 10.0 Å². The number of rotatable bonds is 4. The van der Waals surface area contributed by atoms with Crippen LogP contribution in [-0.4, -0.2) is 25.5 Å². The predicted octanol–water partition coefficient (Wildman–Crippen LogP) is 2.26. The molecule has 0 unspecified atom stereocenters. The second kappa shape index (κ2) is 5.48. The summed E-state index contributed by atoms with van der Waals surface area (Å²) in [6.45, 7) is 0. The van der Waals surface area contributed by atoms with Gasteiger partial charge in [0, 0.05) is 6.04 Å². The molecular formula is C12H14ClNO4S. The van der Waals surface area contributed by atoms with E-state index in [1.807, 2.05) is 0 Å². The number of hydrogen-bond donors (Lipinski definition) is 2. The highest BCUT2D eigenvalue weighted by Crippen LogP contribution is 2.25. The molecule has 0 heterocycles. The Labute approximate surface area is 116 Å². The van der Waals surface area contributed by atoms with Crippen LogP contribution in [0.15, 0.2) is 23.1 Å². The molecule has 19 heavy (non-hydrogen) atoms. The van der Waals surface area contributed by atoms with Gasteiger partial charge in [-0.05, 0) is 31.0 Å². The molecule has 1 fully saturated rings. The summed E-state index contributed by atoms with van der Waals surface area (Å²) in [7, 11) is -3.78. The molecule has 2 rings (SSSR count). The molecule has 5 nitrogen and oxygen atoms in total. The Balaban J connectivity index is 2.33. The number of carboxylic acid groups (broad SMARTS) is 1. The van der Waals surface area contributed by atoms with E-state index in [4.69, 9.17) is 16.7 Å². The summed E-state index contributed by atoms with van der Waals surface area (Å²) in [5, 5.41) is 8.92. The number of sulfonamides is 1. The van der Waals surface area contributed by atoms with E-state index < -0.39 is 16.0 Å². The van der Waals surface area contributed by atoms with E-state index in [0.29, 0.717) is 0 Å². The average Bonchev–Trinajstić information content (AvgIpc) is 2.81. The van der Waals surface area contributed by atoms with Crippen LogP contribution < -0.4 is 4.72 Å². The van der Waals surface area contributed by atoms with Crippen LogP contribution in [0.4, 0.5) is 0 Å². The summed E-state index contributed by atoms with van der Waals surface area (Å²) in [5.41, 5.74) is -0.101. The minimum Gasteiger partial charge on any atom is -0.478 e. The molecule has 1 aliphatic carbocycles. The zero-order chi connectivity index (χ0) is 14.0. The van der Waals surface area contributed by atoms with Crippen molar-refractivity contribution in [2.24, 2.45) is 0 Å². The number of nitrogens with one attached hydrogen (secondary N) is 1. The molecule has 7 heteroatoms. The zero-order valence-electron chi connectivity index (χ0n) is 10.1. The highest BCUT2D eigenvalue weighted by atomic mass is 35.5. The second-order valence-corrected chi connectivity index (χ2v) is 6.64. The van der Waals surface area contributed by atoms with E-state index in [0.717, 1.165) is 31.7 Å². The standard InChI is InChI=1S/C12H14ClNO4S/c13-10-6-5-8(12(15)16)7-11(10)19(17,18)14-9-3-1-2-4-9/h5-7,9,14H,1-4H2,(H,15,16). The highest BCUT2D eigenvalue weighted by Gasteiger charge is 2.25. The molecule has 2 N–H and O–H groups in total. The third kappa shape index (κ3) is 3.26. The largest absolute Gasteiger partial charge is 0.478 e. The zero-order valence-corrected chi connectivity index (χ0v) is 11.7. The van der Waals surface area contributed by atoms with Gasteiger partial charge in [0.15, 0.2) is 0 Å². The van der Waals surface area contributed by atoms with Crippen molar-refractivity contribution >= 4 is 27.6 Å². The number of carboxylic acids is 1. The van der Waals surface area contributed by atoms with Gasteiger partial charge in [-0.15, -0.1) is 0 Å². The number of halogens is 1. The molecule has 0 bridgehead atoms. The topological polar surface area (TPSA) is 83.5 Å². The molecule has 1 aromatic carbocycles. The lowest BCUT2D eigenvalue weighted by atomic mass is 10.2. The van der Waals surface area contributed by atoms with E-state index in [1.54, 1.807) is 0 Å². The summed E-state index contributed by atoms with van der Waals surface area (Å²) in [4.78, 5) is 10.7. The molecule has 0 radical (unpaired) electrons. The summed E-state index contributed by atoms with van der Waals surface area (Å²) in [5.74, 6) is -1.19. The SMILES string of the molecule is O=C(O)c1ccc(Cl)c(S(=O)(=O)NC2CCCC2)c1. The third-order valence-corrected chi connectivity index (χ3v) is 5.15. The minimum absolute atomic E-state index is 0.0236. The fraction of sp³-hybridized carbons (Fsp3) is 0.417. The second-order valence-electron chi connectivity index (χ2n) is 4.55. The van der Waals surface area contributed by atoms with E-state index in [1.165, 1.54) is 12.1 Å². The molecule has 0 aliphatic heterocycles. The Hall–Kier alpha value is -1.11. The van der Waals surface area contributed by atoms with Crippen molar-refractivity contribution in [2.75, 3.05) is 0 Å². The Morgan fingerprint density at radius 2 is 1.95 bits per heavy atom. The van der Waals surface area contributed by atoms with Crippen LogP contribution in [0.3, 0.4) is 0 Å². The molecule has 0 aromatic heterocycles. The molecule has 1 aliphatic rings. The maximum absolute atomic E-state index is 12.2. The third-order valence-electron chi connectivity index (χ3n) is 3.14. The number of aromatic carboxylic acids is 1. The normalized spacial score (nSPS) is 16.7. The van der Waals surface area contributed by atoms with Gasteiger partial charge in [-0.25, -0.2) is 17.9 Å². The van der Waals surface area contributed by atoms with Crippen molar-refractivity contribution < 1.29 is 18.3 Å². The highest BCUT2D eigenvalue weighted by molar-refractivity contribution is 7.89. The van der Waals surface area contributed by atoms with E-state index in [-0.39, 0.29) is 21.5 Å². The molecule has 0 saturated heterocycles. The number of hydrogen-bond acceptors (Lipinski definition) is 3. The van der Waals surface area contributed by atoms with Crippen molar-refractivity contribution in [1.29, 1.82) is 0 Å². The summed E-state index contributed by atoms with van der Waals surface area (Å²) < 4.78 is 27.0. The van der Waals surface area contributed by atoms with Crippen molar-refractivity contribution in [2.45, 2.75) is 36.6 Å². The molecule has 104 valence electrons. The summed E-state index contributed by atoms with van der Waals surface area (Å²) in [6, 6.07) is 3.56. The van der Waals surface area contributed by atoms with Gasteiger partial charge < -0.3 is 5.11 Å². The molecule has 1 saturated carbocycles. The predicted molar refractivity (Wildman–Crippen MR) is 71.0 cm³/mol. The molecule has 1 aromatic rings. The maximum Gasteiger partial charge on any atom is 0.335 e. The van der Waals surface area contributed by atoms with Gasteiger partial charge >= 0.3 is 5.97 Å². The lowest BCUT2D eigenvalue weighted by Gasteiger charge is -2.13. The van der Waals surface area contributed by atoms with Crippen molar-refractivity contribution in [3.8, 4) is 0 Å². The minimum atomic E-state index is -3.78. The first-order valence-corrected chi connectivity index (χ1v) is 7.81. The van der Waals surface area contributed by atoms with Crippen LogP contribution in [0.1, 0.15) is 36.0 Å². The van der Waals surface area contributed by atoms with Crippen molar-refractivity contribution in [3.63, 3.8) is 0 Å². The van der Waals surface area contributed by atoms with Crippen LogP contribution in [0, 0.1) is 0 Å². The monoisotopic (exact) mass is 303 g/mol. The molecular weight excluding hydrogens is 290 g/mol. The first kappa shape index (κ1) is 14.3. The Bertz CT molecular complexity index is 594. The van der Waals surface area contributed by atoms with Gasteiger partial charge in [0.25, 0.3) is 0 Å². The van der Waals surface area contributed by atoms with E-state index in [9.17, 15) is 13.2 Å². The van der Waals surface area contributed by atoms with Crippen molar-refractivity contribution in [1.82, 2.24) is 4.72 Å². The van der Waals surface area contributed by atoms with Crippen LogP contribution >= 0.6 is 11.6 Å². The van der Waals surface area contributed by atoms with Crippen LogP contribution in [0.25, 0.3) is 0 Å². The van der Waals surface area contributed by atoms with Gasteiger partial charge in [-0.3, -0.25) is 0 Å². The summed E-state index contributed by atoms with van der Waals surface area (Å²) >= 11 is 5.86. The Morgan fingerprint density at radius 3 is 2.53 bits per heavy atom. The van der Waals surface area contributed by atoms with Crippen LogP contribution in [0.2, 0.25) is 5.02 Å². The van der Waals surface area contributed by atoms with E-state index in [2.05, 4.69) is 4.72 Å². The quantitative estimate of drug-likeness (QED) is 0.893. The van der Waals surface area contributed by atoms with E-state index >= 15 is 0 Å². The Kier molecular flexibility index (Phi) is 4.13. The summed E-state index contributed by atoms with van der Waals surface area (Å²) in [6.07, 6.45) is 3.59. The van der Waals surface area contributed by atoms with Gasteiger partial charge in [0.1, 0.15) is 4.90 Å². The van der Waals surface area contributed by atoms with Gasteiger partial charge in [0.2, 0.25) is 10.0 Å². The first-order valence-electron chi connectivity index (χ1n) is 5.95. The number of carbonyl (C=O) groups is 1. The maximum atomic E-state index is 12.2. The lowest BCUT2D eigenvalue weighted by Crippen LogP contribution is -2.32. The Morgan fingerprint density at radius 1 is 1.32 bits per heavy atom. The fourth-order valence-corrected chi connectivity index (χ4v) is 4.00. The average molecular weight is 304 g/mol. The molecule has 0 spiro atoms. The first-order chi connectivity index (χ1) is 8.90. The molecule has 0 amide bonds. The van der Waals surface area contributed by atoms with Crippen molar-refractivity contribution in [3.05, 3.63) is 28.8 Å². The number of benzene rings is 1. The molecule has 0 atom stereocenters. The smallest absolute Gasteiger partial charge is 0.335 e. The van der Waals surface area contributed by atoms with Gasteiger partial charge in [0.05, 0.1) is 10.6 Å². The fourth-order valence-electron chi connectivity index (χ4n) is 2.17. The lowest BCUT2D eigenvalue weighted by molar-refractivity contribution is 0.0696.